The monoisotopic (exact) mass is 394 g/mol. The molecule has 1 N–H and O–H groups in total. The molecule has 0 aromatic heterocycles. The van der Waals surface area contributed by atoms with Gasteiger partial charge < -0.3 is 19.7 Å². The number of fused-ring (bicyclic) bond motifs is 1. The number of ether oxygens (including phenoxy) is 2. The molecule has 1 heterocycles. The molecule has 1 aliphatic heterocycles. The van der Waals surface area contributed by atoms with Gasteiger partial charge in [0.2, 0.25) is 5.91 Å². The second-order valence-corrected chi connectivity index (χ2v) is 7.70. The lowest BCUT2D eigenvalue weighted by molar-refractivity contribution is -0.137. The van der Waals surface area contributed by atoms with E-state index in [0.717, 1.165) is 41.8 Å². The highest BCUT2D eigenvalue weighted by atomic mass is 16.5. The minimum absolute atomic E-state index is 0.0294. The van der Waals surface area contributed by atoms with Gasteiger partial charge in [0.25, 0.3) is 5.91 Å². The number of hydrogen-bond donors (Lipinski definition) is 1. The van der Waals surface area contributed by atoms with Crippen molar-refractivity contribution in [3.63, 3.8) is 0 Å². The van der Waals surface area contributed by atoms with E-state index in [1.165, 1.54) is 0 Å². The average Bonchev–Trinajstić information content (AvgIpc) is 3.58. The zero-order valence-electron chi connectivity index (χ0n) is 16.8. The van der Waals surface area contributed by atoms with Gasteiger partial charge in [-0.2, -0.15) is 0 Å². The summed E-state index contributed by atoms with van der Waals surface area (Å²) < 4.78 is 11.1. The van der Waals surface area contributed by atoms with Gasteiger partial charge in [0, 0.05) is 30.3 Å². The predicted octanol–water partition coefficient (Wildman–Crippen LogP) is 3.40. The van der Waals surface area contributed by atoms with E-state index in [0.29, 0.717) is 18.8 Å². The Morgan fingerprint density at radius 2 is 1.97 bits per heavy atom. The summed E-state index contributed by atoms with van der Waals surface area (Å²) in [5.41, 5.74) is 2.80. The lowest BCUT2D eigenvalue weighted by Gasteiger charge is -2.22. The van der Waals surface area contributed by atoms with Gasteiger partial charge in [0.1, 0.15) is 11.5 Å². The number of nitrogens with one attached hydrogen (secondary N) is 1. The van der Waals surface area contributed by atoms with Crippen LogP contribution in [0.15, 0.2) is 42.5 Å². The van der Waals surface area contributed by atoms with Crippen LogP contribution in [0.3, 0.4) is 0 Å². The summed E-state index contributed by atoms with van der Waals surface area (Å²) in [7, 11) is 1.64. The molecule has 0 saturated heterocycles. The maximum atomic E-state index is 12.8. The van der Waals surface area contributed by atoms with Crippen LogP contribution >= 0.6 is 0 Å². The molecule has 0 unspecified atom stereocenters. The van der Waals surface area contributed by atoms with Gasteiger partial charge >= 0.3 is 0 Å². The molecule has 2 aromatic rings. The second-order valence-electron chi connectivity index (χ2n) is 7.70. The van der Waals surface area contributed by atoms with Crippen LogP contribution in [-0.2, 0) is 22.6 Å². The summed E-state index contributed by atoms with van der Waals surface area (Å²) in [5, 5.41) is 2.97. The third-order valence-corrected chi connectivity index (χ3v) is 5.43. The number of methoxy groups -OCH3 is 1. The molecule has 2 aliphatic rings. The molecule has 6 heteroatoms. The van der Waals surface area contributed by atoms with E-state index in [1.807, 2.05) is 47.4 Å². The first-order valence-electron chi connectivity index (χ1n) is 10.1. The van der Waals surface area contributed by atoms with Crippen LogP contribution in [-0.4, -0.2) is 36.5 Å². The molecule has 1 fully saturated rings. The Hall–Kier alpha value is -3.02. The number of rotatable bonds is 6. The lowest BCUT2D eigenvalue weighted by Crippen LogP contribution is -2.39. The summed E-state index contributed by atoms with van der Waals surface area (Å²) in [5.74, 6) is 1.70. The van der Waals surface area contributed by atoms with E-state index in [-0.39, 0.29) is 17.7 Å². The van der Waals surface area contributed by atoms with Crippen molar-refractivity contribution in [2.45, 2.75) is 38.8 Å². The number of anilines is 1. The lowest BCUT2D eigenvalue weighted by atomic mass is 10.1. The van der Waals surface area contributed by atoms with Crippen molar-refractivity contribution < 1.29 is 19.1 Å². The van der Waals surface area contributed by atoms with E-state index in [1.54, 1.807) is 14.0 Å². The van der Waals surface area contributed by atoms with Crippen LogP contribution in [0.1, 0.15) is 30.9 Å². The third-order valence-electron chi connectivity index (χ3n) is 5.43. The van der Waals surface area contributed by atoms with Gasteiger partial charge in [-0.25, -0.2) is 0 Å². The minimum atomic E-state index is -0.543. The van der Waals surface area contributed by atoms with Crippen molar-refractivity contribution in [2.24, 2.45) is 5.92 Å². The van der Waals surface area contributed by atoms with Crippen LogP contribution in [0.2, 0.25) is 0 Å². The maximum absolute atomic E-state index is 12.8. The van der Waals surface area contributed by atoms with Crippen LogP contribution in [0.5, 0.6) is 11.5 Å². The van der Waals surface area contributed by atoms with Crippen molar-refractivity contribution in [1.29, 1.82) is 0 Å². The fourth-order valence-electron chi connectivity index (χ4n) is 3.51. The van der Waals surface area contributed by atoms with Gasteiger partial charge in [0.15, 0.2) is 6.10 Å². The predicted molar refractivity (Wildman–Crippen MR) is 110 cm³/mol. The Morgan fingerprint density at radius 3 is 2.66 bits per heavy atom. The van der Waals surface area contributed by atoms with Gasteiger partial charge in [-0.1, -0.05) is 12.1 Å². The number of carbonyl (C=O) groups is 2. The highest BCUT2D eigenvalue weighted by Crippen LogP contribution is 2.32. The van der Waals surface area contributed by atoms with Crippen molar-refractivity contribution >= 4 is 17.5 Å². The van der Waals surface area contributed by atoms with Crippen molar-refractivity contribution in [3.05, 3.63) is 53.6 Å². The molecule has 2 aromatic carbocycles. The Morgan fingerprint density at radius 1 is 1.21 bits per heavy atom. The molecular formula is C23H26N2O4. The quantitative estimate of drug-likeness (QED) is 0.815. The summed E-state index contributed by atoms with van der Waals surface area (Å²) in [4.78, 5) is 26.7. The van der Waals surface area contributed by atoms with Gasteiger partial charge in [0.05, 0.1) is 7.11 Å². The molecule has 29 heavy (non-hydrogen) atoms. The van der Waals surface area contributed by atoms with E-state index in [2.05, 4.69) is 5.32 Å². The molecule has 1 atom stereocenters. The Balaban J connectivity index is 1.48. The van der Waals surface area contributed by atoms with E-state index < -0.39 is 6.10 Å². The molecule has 6 nitrogen and oxygen atoms in total. The second kappa shape index (κ2) is 8.15. The zero-order valence-corrected chi connectivity index (χ0v) is 16.8. The topological polar surface area (TPSA) is 67.9 Å². The van der Waals surface area contributed by atoms with Crippen LogP contribution < -0.4 is 14.8 Å². The number of hydrogen-bond acceptors (Lipinski definition) is 4. The first kappa shape index (κ1) is 19.3. The molecule has 0 bridgehead atoms. The fourth-order valence-corrected chi connectivity index (χ4v) is 3.51. The van der Waals surface area contributed by atoms with Crippen LogP contribution in [0.4, 0.5) is 5.69 Å². The van der Waals surface area contributed by atoms with Crippen molar-refractivity contribution in [1.82, 2.24) is 4.90 Å². The van der Waals surface area contributed by atoms with E-state index in [9.17, 15) is 9.59 Å². The molecule has 4 rings (SSSR count). The zero-order chi connectivity index (χ0) is 20.4. The number of carbonyl (C=O) groups excluding carboxylic acids is 2. The fraction of sp³-hybridized carbons (Fsp3) is 0.391. The normalized spacial score (nSPS) is 18.5. The molecule has 1 saturated carbocycles. The smallest absolute Gasteiger partial charge is 0.263 e. The molecule has 1 aliphatic carbocycles. The van der Waals surface area contributed by atoms with Crippen molar-refractivity contribution in [2.75, 3.05) is 19.0 Å². The van der Waals surface area contributed by atoms with E-state index >= 15 is 0 Å². The maximum Gasteiger partial charge on any atom is 0.263 e. The summed E-state index contributed by atoms with van der Waals surface area (Å²) in [6.45, 7) is 2.83. The number of nitrogens with zero attached hydrogens (tertiary/aromatic N) is 1. The highest BCUT2D eigenvalue weighted by molar-refractivity contribution is 5.94. The molecule has 0 spiro atoms. The number of amides is 2. The minimum Gasteiger partial charge on any atom is -0.497 e. The highest BCUT2D eigenvalue weighted by Gasteiger charge is 2.30. The van der Waals surface area contributed by atoms with Crippen molar-refractivity contribution in [3.8, 4) is 11.5 Å². The first-order valence-corrected chi connectivity index (χ1v) is 10.1. The standard InChI is InChI=1S/C23H26N2O4/c1-15-23(27)25(12-11-16-3-8-20(28-2)9-4-16)14-18-13-19(7-10-21(18)29-15)24-22(26)17-5-6-17/h3-4,7-10,13,15,17H,5-6,11-12,14H2,1-2H3,(H,24,26)/t15-/m0/s1. The SMILES string of the molecule is COc1ccc(CCN2Cc3cc(NC(=O)C4CC4)ccc3O[C@@H](C)C2=O)cc1. The summed E-state index contributed by atoms with van der Waals surface area (Å²) >= 11 is 0. The Kier molecular flexibility index (Phi) is 5.43. The van der Waals surface area contributed by atoms with Gasteiger partial charge in [-0.05, 0) is 62.1 Å². The van der Waals surface area contributed by atoms with Gasteiger partial charge in [-0.3, -0.25) is 9.59 Å². The third kappa shape index (κ3) is 4.53. The van der Waals surface area contributed by atoms with E-state index in [4.69, 9.17) is 9.47 Å². The van der Waals surface area contributed by atoms with Crippen LogP contribution in [0.25, 0.3) is 0 Å². The summed E-state index contributed by atoms with van der Waals surface area (Å²) in [6.07, 6.45) is 2.13. The van der Waals surface area contributed by atoms with Gasteiger partial charge in [-0.15, -0.1) is 0 Å². The number of benzene rings is 2. The molecule has 0 radical (unpaired) electrons. The van der Waals surface area contributed by atoms with Crippen LogP contribution in [0, 0.1) is 5.92 Å². The largest absolute Gasteiger partial charge is 0.497 e. The average molecular weight is 394 g/mol. The Bertz CT molecular complexity index is 906. The molecular weight excluding hydrogens is 368 g/mol. The molecule has 2 amide bonds. The Labute approximate surface area is 170 Å². The first-order chi connectivity index (χ1) is 14.0. The summed E-state index contributed by atoms with van der Waals surface area (Å²) in [6, 6.07) is 13.5. The molecule has 152 valence electrons.